The Labute approximate surface area is 130 Å². The molecule has 0 aliphatic carbocycles. The lowest BCUT2D eigenvalue weighted by Gasteiger charge is -2.14. The summed E-state index contributed by atoms with van der Waals surface area (Å²) < 4.78 is 11.4. The van der Waals surface area contributed by atoms with Gasteiger partial charge in [-0.1, -0.05) is 30.3 Å². The standard InChI is InChI=1S/C19H21NO2/c1-20-11-10-17(14-6-4-3-5-7-14)19-13-15-12-16(21-2)8-9-18(15)22-19/h3-9,12-13,17,20H,10-11H2,1-2H3. The molecule has 0 amide bonds. The van der Waals surface area contributed by atoms with E-state index in [0.717, 1.165) is 35.4 Å². The molecule has 1 heterocycles. The van der Waals surface area contributed by atoms with Crippen molar-refractivity contribution >= 4 is 11.0 Å². The zero-order valence-corrected chi connectivity index (χ0v) is 13.0. The van der Waals surface area contributed by atoms with Crippen molar-refractivity contribution in [1.82, 2.24) is 5.32 Å². The van der Waals surface area contributed by atoms with Crippen LogP contribution in [-0.4, -0.2) is 20.7 Å². The Bertz CT molecular complexity index is 734. The summed E-state index contributed by atoms with van der Waals surface area (Å²) >= 11 is 0. The SMILES string of the molecule is CNCCC(c1ccccc1)c1cc2cc(OC)ccc2o1. The molecule has 22 heavy (non-hydrogen) atoms. The number of fused-ring (bicyclic) bond motifs is 1. The fourth-order valence-corrected chi connectivity index (χ4v) is 2.79. The van der Waals surface area contributed by atoms with Gasteiger partial charge in [0.05, 0.1) is 7.11 Å². The number of rotatable bonds is 6. The summed E-state index contributed by atoms with van der Waals surface area (Å²) in [4.78, 5) is 0. The van der Waals surface area contributed by atoms with Crippen molar-refractivity contribution in [3.63, 3.8) is 0 Å². The van der Waals surface area contributed by atoms with Gasteiger partial charge in [-0.15, -0.1) is 0 Å². The Morgan fingerprint density at radius 2 is 1.91 bits per heavy atom. The van der Waals surface area contributed by atoms with Gasteiger partial charge in [-0.3, -0.25) is 0 Å². The summed E-state index contributed by atoms with van der Waals surface area (Å²) in [7, 11) is 3.66. The number of furan rings is 1. The maximum atomic E-state index is 6.10. The Morgan fingerprint density at radius 1 is 1.09 bits per heavy atom. The molecule has 114 valence electrons. The van der Waals surface area contributed by atoms with Crippen LogP contribution in [0.5, 0.6) is 5.75 Å². The molecule has 0 saturated heterocycles. The first-order chi connectivity index (χ1) is 10.8. The molecule has 3 aromatic rings. The second-order valence-electron chi connectivity index (χ2n) is 5.41. The molecule has 1 unspecified atom stereocenters. The molecule has 0 aliphatic rings. The van der Waals surface area contributed by atoms with Crippen LogP contribution in [0.15, 0.2) is 59.0 Å². The summed E-state index contributed by atoms with van der Waals surface area (Å²) in [5.74, 6) is 2.11. The van der Waals surface area contributed by atoms with Gasteiger partial charge in [0, 0.05) is 11.3 Å². The molecule has 0 radical (unpaired) electrons. The smallest absolute Gasteiger partial charge is 0.134 e. The van der Waals surface area contributed by atoms with Gasteiger partial charge in [0.25, 0.3) is 0 Å². The minimum absolute atomic E-state index is 0.257. The third-order valence-electron chi connectivity index (χ3n) is 3.97. The molecule has 1 N–H and O–H groups in total. The van der Waals surface area contributed by atoms with Crippen molar-refractivity contribution in [2.45, 2.75) is 12.3 Å². The van der Waals surface area contributed by atoms with Crippen LogP contribution in [0.1, 0.15) is 23.7 Å². The third kappa shape index (κ3) is 3.00. The first-order valence-corrected chi connectivity index (χ1v) is 7.59. The number of hydrogen-bond acceptors (Lipinski definition) is 3. The Kier molecular flexibility index (Phi) is 4.45. The lowest BCUT2D eigenvalue weighted by Crippen LogP contribution is -2.12. The highest BCUT2D eigenvalue weighted by molar-refractivity contribution is 5.79. The van der Waals surface area contributed by atoms with Crippen LogP contribution in [-0.2, 0) is 0 Å². The molecule has 1 aromatic heterocycles. The third-order valence-corrected chi connectivity index (χ3v) is 3.97. The van der Waals surface area contributed by atoms with E-state index in [9.17, 15) is 0 Å². The highest BCUT2D eigenvalue weighted by atomic mass is 16.5. The van der Waals surface area contributed by atoms with Crippen LogP contribution >= 0.6 is 0 Å². The fraction of sp³-hybridized carbons (Fsp3) is 0.263. The Hall–Kier alpha value is -2.26. The number of nitrogens with one attached hydrogen (secondary N) is 1. The first-order valence-electron chi connectivity index (χ1n) is 7.59. The molecule has 0 saturated carbocycles. The van der Waals surface area contributed by atoms with Gasteiger partial charge in [-0.2, -0.15) is 0 Å². The van der Waals surface area contributed by atoms with Crippen LogP contribution in [0.4, 0.5) is 0 Å². The normalized spacial score (nSPS) is 12.5. The molecular weight excluding hydrogens is 274 g/mol. The molecule has 2 aromatic carbocycles. The van der Waals surface area contributed by atoms with E-state index in [1.54, 1.807) is 7.11 Å². The summed E-state index contributed by atoms with van der Waals surface area (Å²) in [5, 5.41) is 4.31. The minimum atomic E-state index is 0.257. The van der Waals surface area contributed by atoms with Crippen LogP contribution in [0.2, 0.25) is 0 Å². The molecule has 3 heteroatoms. The molecule has 0 bridgehead atoms. The van der Waals surface area contributed by atoms with E-state index in [4.69, 9.17) is 9.15 Å². The lowest BCUT2D eigenvalue weighted by molar-refractivity contribution is 0.415. The minimum Gasteiger partial charge on any atom is -0.497 e. The van der Waals surface area contributed by atoms with Crippen LogP contribution in [0, 0.1) is 0 Å². The van der Waals surface area contributed by atoms with Gasteiger partial charge in [0.15, 0.2) is 0 Å². The van der Waals surface area contributed by atoms with Gasteiger partial charge >= 0.3 is 0 Å². The van der Waals surface area contributed by atoms with E-state index in [1.165, 1.54) is 5.56 Å². The lowest BCUT2D eigenvalue weighted by atomic mass is 9.93. The molecule has 1 atom stereocenters. The Balaban J connectivity index is 2.00. The topological polar surface area (TPSA) is 34.4 Å². The number of benzene rings is 2. The zero-order chi connectivity index (χ0) is 15.4. The predicted octanol–water partition coefficient (Wildman–Crippen LogP) is 4.18. The van der Waals surface area contributed by atoms with Crippen LogP contribution in [0.25, 0.3) is 11.0 Å². The van der Waals surface area contributed by atoms with Gasteiger partial charge in [-0.05, 0) is 49.8 Å². The van der Waals surface area contributed by atoms with E-state index in [0.29, 0.717) is 0 Å². The largest absolute Gasteiger partial charge is 0.497 e. The maximum Gasteiger partial charge on any atom is 0.134 e. The van der Waals surface area contributed by atoms with Crippen LogP contribution < -0.4 is 10.1 Å². The summed E-state index contributed by atoms with van der Waals surface area (Å²) in [6, 6.07) is 18.6. The van der Waals surface area contributed by atoms with E-state index in [1.807, 2.05) is 31.3 Å². The van der Waals surface area contributed by atoms with Crippen molar-refractivity contribution in [3.8, 4) is 5.75 Å². The summed E-state index contributed by atoms with van der Waals surface area (Å²) in [6.45, 7) is 0.944. The molecular formula is C19H21NO2. The number of ether oxygens (including phenoxy) is 1. The molecule has 3 rings (SSSR count). The Morgan fingerprint density at radius 3 is 2.64 bits per heavy atom. The zero-order valence-electron chi connectivity index (χ0n) is 13.0. The van der Waals surface area contributed by atoms with Gasteiger partial charge in [0.2, 0.25) is 0 Å². The average Bonchev–Trinajstić information content (AvgIpc) is 2.98. The monoisotopic (exact) mass is 295 g/mol. The van der Waals surface area contributed by atoms with Crippen molar-refractivity contribution in [2.75, 3.05) is 20.7 Å². The maximum absolute atomic E-state index is 6.10. The molecule has 0 aliphatic heterocycles. The number of hydrogen-bond donors (Lipinski definition) is 1. The van der Waals surface area contributed by atoms with Crippen molar-refractivity contribution in [1.29, 1.82) is 0 Å². The summed E-state index contributed by atoms with van der Waals surface area (Å²) in [5.41, 5.74) is 2.19. The van der Waals surface area contributed by atoms with Crippen molar-refractivity contribution in [3.05, 3.63) is 65.9 Å². The summed E-state index contributed by atoms with van der Waals surface area (Å²) in [6.07, 6.45) is 0.997. The molecule has 0 spiro atoms. The van der Waals surface area contributed by atoms with Gasteiger partial charge in [-0.25, -0.2) is 0 Å². The van der Waals surface area contributed by atoms with E-state index >= 15 is 0 Å². The predicted molar refractivity (Wildman–Crippen MR) is 89.6 cm³/mol. The fourth-order valence-electron chi connectivity index (χ4n) is 2.79. The molecule has 0 fully saturated rings. The second kappa shape index (κ2) is 6.67. The van der Waals surface area contributed by atoms with Crippen molar-refractivity contribution in [2.24, 2.45) is 0 Å². The van der Waals surface area contributed by atoms with E-state index < -0.39 is 0 Å². The second-order valence-corrected chi connectivity index (χ2v) is 5.41. The average molecular weight is 295 g/mol. The highest BCUT2D eigenvalue weighted by Crippen LogP contribution is 2.33. The first kappa shape index (κ1) is 14.7. The quantitative estimate of drug-likeness (QED) is 0.740. The van der Waals surface area contributed by atoms with E-state index in [-0.39, 0.29) is 5.92 Å². The van der Waals surface area contributed by atoms with Gasteiger partial charge in [0.1, 0.15) is 17.1 Å². The highest BCUT2D eigenvalue weighted by Gasteiger charge is 2.18. The van der Waals surface area contributed by atoms with Gasteiger partial charge < -0.3 is 14.5 Å². The van der Waals surface area contributed by atoms with Crippen LogP contribution in [0.3, 0.4) is 0 Å². The number of methoxy groups -OCH3 is 1. The molecule has 3 nitrogen and oxygen atoms in total. The van der Waals surface area contributed by atoms with Crippen molar-refractivity contribution < 1.29 is 9.15 Å². The van der Waals surface area contributed by atoms with E-state index in [2.05, 4.69) is 35.6 Å².